The Morgan fingerprint density at radius 2 is 1.88 bits per heavy atom. The zero-order valence-corrected chi connectivity index (χ0v) is 15.7. The minimum atomic E-state index is -0.0625. The van der Waals surface area contributed by atoms with Crippen LogP contribution in [0, 0.1) is 0 Å². The fourth-order valence-electron chi connectivity index (χ4n) is 2.65. The van der Waals surface area contributed by atoms with Crippen LogP contribution in [0.5, 0.6) is 0 Å². The number of hydrogen-bond donors (Lipinski definition) is 1. The molecule has 0 aliphatic rings. The Balaban J connectivity index is 2.01. The van der Waals surface area contributed by atoms with E-state index in [4.69, 9.17) is 0 Å². The van der Waals surface area contributed by atoms with Gasteiger partial charge >= 0.3 is 0 Å². The maximum Gasteiger partial charge on any atom is 0.262 e. The molecule has 2 aromatic carbocycles. The highest BCUT2D eigenvalue weighted by Crippen LogP contribution is 2.14. The number of hydrazone groups is 1. The Kier molecular flexibility index (Phi) is 5.28. The van der Waals surface area contributed by atoms with E-state index in [1.54, 1.807) is 10.6 Å². The van der Waals surface area contributed by atoms with Crippen LogP contribution in [0.2, 0.25) is 0 Å². The number of aromatic nitrogens is 2. The van der Waals surface area contributed by atoms with Gasteiger partial charge in [-0.05, 0) is 43.2 Å². The smallest absolute Gasteiger partial charge is 0.262 e. The normalized spacial score (nSPS) is 11.7. The van der Waals surface area contributed by atoms with Crippen molar-refractivity contribution in [2.45, 2.75) is 26.8 Å². The van der Waals surface area contributed by atoms with E-state index in [1.807, 2.05) is 56.3 Å². The number of halogens is 1. The van der Waals surface area contributed by atoms with Gasteiger partial charge in [0.25, 0.3) is 5.56 Å². The van der Waals surface area contributed by atoms with Crippen molar-refractivity contribution in [3.05, 3.63) is 68.9 Å². The summed E-state index contributed by atoms with van der Waals surface area (Å²) in [7, 11) is 0. The monoisotopic (exact) mass is 398 g/mol. The average Bonchev–Trinajstić information content (AvgIpc) is 2.64. The van der Waals surface area contributed by atoms with Crippen molar-refractivity contribution >= 4 is 38.5 Å². The molecule has 128 valence electrons. The van der Waals surface area contributed by atoms with E-state index in [2.05, 4.69) is 31.4 Å². The molecule has 0 aliphatic heterocycles. The zero-order chi connectivity index (χ0) is 17.8. The summed E-state index contributed by atoms with van der Waals surface area (Å²) in [6.45, 7) is 4.49. The number of nitrogens with one attached hydrogen (secondary N) is 1. The molecule has 1 heterocycles. The van der Waals surface area contributed by atoms with Gasteiger partial charge in [0.1, 0.15) is 0 Å². The van der Waals surface area contributed by atoms with Crippen molar-refractivity contribution in [3.63, 3.8) is 0 Å². The van der Waals surface area contributed by atoms with Crippen molar-refractivity contribution in [2.75, 3.05) is 5.43 Å². The first-order valence-electron chi connectivity index (χ1n) is 8.22. The van der Waals surface area contributed by atoms with Crippen LogP contribution in [0.4, 0.5) is 5.95 Å². The summed E-state index contributed by atoms with van der Waals surface area (Å²) in [6.07, 6.45) is 0.762. The van der Waals surface area contributed by atoms with Gasteiger partial charge in [-0.1, -0.05) is 47.1 Å². The molecule has 0 amide bonds. The highest BCUT2D eigenvalue weighted by atomic mass is 79.9. The summed E-state index contributed by atoms with van der Waals surface area (Å²) in [5.41, 5.74) is 5.52. The van der Waals surface area contributed by atoms with Gasteiger partial charge in [0.05, 0.1) is 16.6 Å². The van der Waals surface area contributed by atoms with Crippen molar-refractivity contribution in [1.82, 2.24) is 9.55 Å². The van der Waals surface area contributed by atoms with Crippen molar-refractivity contribution in [1.29, 1.82) is 0 Å². The van der Waals surface area contributed by atoms with Crippen molar-refractivity contribution in [3.8, 4) is 0 Å². The zero-order valence-electron chi connectivity index (χ0n) is 14.2. The molecule has 0 saturated carbocycles. The van der Waals surface area contributed by atoms with E-state index < -0.39 is 0 Å². The summed E-state index contributed by atoms with van der Waals surface area (Å²) >= 11 is 3.44. The third-order valence-electron chi connectivity index (χ3n) is 3.98. The molecule has 1 N–H and O–H groups in total. The van der Waals surface area contributed by atoms with Gasteiger partial charge in [-0.3, -0.25) is 9.36 Å². The van der Waals surface area contributed by atoms with Crippen LogP contribution in [0.25, 0.3) is 10.9 Å². The topological polar surface area (TPSA) is 59.3 Å². The van der Waals surface area contributed by atoms with Crippen molar-refractivity contribution < 1.29 is 0 Å². The summed E-state index contributed by atoms with van der Waals surface area (Å²) < 4.78 is 2.62. The van der Waals surface area contributed by atoms with Gasteiger partial charge in [-0.2, -0.15) is 5.10 Å². The molecule has 25 heavy (non-hydrogen) atoms. The quantitative estimate of drug-likeness (QED) is 0.511. The largest absolute Gasteiger partial charge is 0.277 e. The van der Waals surface area contributed by atoms with Crippen LogP contribution in [0.15, 0.2) is 62.9 Å². The third-order valence-corrected chi connectivity index (χ3v) is 4.51. The summed E-state index contributed by atoms with van der Waals surface area (Å²) in [5.74, 6) is 0.453. The molecule has 0 aliphatic carbocycles. The Bertz CT molecular complexity index is 977. The Morgan fingerprint density at radius 1 is 1.16 bits per heavy atom. The number of nitrogens with zero attached hydrogens (tertiary/aromatic N) is 3. The summed E-state index contributed by atoms with van der Waals surface area (Å²) in [4.78, 5) is 17.2. The van der Waals surface area contributed by atoms with E-state index >= 15 is 0 Å². The lowest BCUT2D eigenvalue weighted by Gasteiger charge is -2.12. The maximum absolute atomic E-state index is 12.6. The molecule has 3 rings (SSSR count). The van der Waals surface area contributed by atoms with Crippen LogP contribution in [-0.4, -0.2) is 15.3 Å². The minimum Gasteiger partial charge on any atom is -0.277 e. The second kappa shape index (κ2) is 7.61. The number of benzene rings is 2. The fourth-order valence-corrected chi connectivity index (χ4v) is 2.92. The van der Waals surface area contributed by atoms with E-state index in [0.717, 1.165) is 22.2 Å². The van der Waals surface area contributed by atoms with E-state index in [0.29, 0.717) is 23.4 Å². The van der Waals surface area contributed by atoms with E-state index in [1.165, 1.54) is 0 Å². The lowest BCUT2D eigenvalue weighted by molar-refractivity contribution is 0.724. The van der Waals surface area contributed by atoms with Gasteiger partial charge in [0.2, 0.25) is 5.95 Å². The number of anilines is 1. The molecule has 0 bridgehead atoms. The van der Waals surface area contributed by atoms with E-state index in [-0.39, 0.29) is 5.56 Å². The molecule has 0 spiro atoms. The number of hydrogen-bond acceptors (Lipinski definition) is 4. The maximum atomic E-state index is 12.6. The molecule has 0 saturated heterocycles. The first-order chi connectivity index (χ1) is 12.1. The molecule has 0 unspecified atom stereocenters. The Hall–Kier alpha value is -2.47. The first-order valence-corrected chi connectivity index (χ1v) is 9.01. The molecule has 5 nitrogen and oxygen atoms in total. The first kappa shape index (κ1) is 17.4. The third kappa shape index (κ3) is 3.64. The molecule has 1 aromatic heterocycles. The van der Waals surface area contributed by atoms with Gasteiger partial charge in [0.15, 0.2) is 0 Å². The van der Waals surface area contributed by atoms with Crippen LogP contribution in [0.1, 0.15) is 25.8 Å². The molecular weight excluding hydrogens is 380 g/mol. The standard InChI is InChI=1S/C19H19BrN4O/c1-3-16(13-9-11-14(20)12-10-13)22-23-19-21-17-8-6-5-7-15(17)18(25)24(19)4-2/h5-12H,3-4H2,1-2H3,(H,21,23)/b22-16-. The number of para-hydroxylation sites is 1. The van der Waals surface area contributed by atoms with Gasteiger partial charge in [-0.15, -0.1) is 0 Å². The molecule has 0 atom stereocenters. The van der Waals surface area contributed by atoms with Crippen molar-refractivity contribution in [2.24, 2.45) is 5.10 Å². The van der Waals surface area contributed by atoms with Gasteiger partial charge < -0.3 is 0 Å². The lowest BCUT2D eigenvalue weighted by atomic mass is 10.1. The lowest BCUT2D eigenvalue weighted by Crippen LogP contribution is -2.23. The summed E-state index contributed by atoms with van der Waals surface area (Å²) in [6, 6.07) is 15.3. The predicted molar refractivity (Wildman–Crippen MR) is 106 cm³/mol. The predicted octanol–water partition coefficient (Wildman–Crippen LogP) is 4.41. The second-order valence-corrected chi connectivity index (χ2v) is 6.45. The Labute approximate surface area is 154 Å². The second-order valence-electron chi connectivity index (χ2n) is 5.53. The average molecular weight is 399 g/mol. The number of fused-ring (bicyclic) bond motifs is 1. The SMILES string of the molecule is CC/C(=N/Nc1nc2ccccc2c(=O)n1CC)c1ccc(Br)cc1. The van der Waals surface area contributed by atoms with E-state index in [9.17, 15) is 4.79 Å². The number of rotatable bonds is 5. The van der Waals surface area contributed by atoms with Crippen LogP contribution in [-0.2, 0) is 6.54 Å². The minimum absolute atomic E-state index is 0.0625. The highest BCUT2D eigenvalue weighted by Gasteiger charge is 2.09. The van der Waals surface area contributed by atoms with Crippen LogP contribution in [0.3, 0.4) is 0 Å². The molecule has 0 fully saturated rings. The van der Waals surface area contributed by atoms with Crippen LogP contribution >= 0.6 is 15.9 Å². The molecule has 6 heteroatoms. The van der Waals surface area contributed by atoms with Gasteiger partial charge in [-0.25, -0.2) is 10.4 Å². The van der Waals surface area contributed by atoms with Gasteiger partial charge in [0, 0.05) is 11.0 Å². The Morgan fingerprint density at radius 3 is 2.56 bits per heavy atom. The highest BCUT2D eigenvalue weighted by molar-refractivity contribution is 9.10. The van der Waals surface area contributed by atoms with Crippen LogP contribution < -0.4 is 11.0 Å². The fraction of sp³-hybridized carbons (Fsp3) is 0.211. The summed E-state index contributed by atoms with van der Waals surface area (Å²) in [5, 5.41) is 5.11. The molecular formula is C19H19BrN4O. The molecule has 0 radical (unpaired) electrons. The molecule has 3 aromatic rings.